The molecule has 0 saturated carbocycles. The zero-order chi connectivity index (χ0) is 17.1. The lowest BCUT2D eigenvalue weighted by atomic mass is 10.1. The SMILES string of the molecule is CCN(CC)C(=O)c1ccc(CNC(=NC)NCCOC)cc1. The van der Waals surface area contributed by atoms with E-state index in [9.17, 15) is 4.79 Å². The van der Waals surface area contributed by atoms with Crippen LogP contribution in [0.5, 0.6) is 0 Å². The van der Waals surface area contributed by atoms with Crippen molar-refractivity contribution in [3.05, 3.63) is 35.4 Å². The zero-order valence-electron chi connectivity index (χ0n) is 14.6. The van der Waals surface area contributed by atoms with Gasteiger partial charge in [0.1, 0.15) is 0 Å². The van der Waals surface area contributed by atoms with Gasteiger partial charge in [-0.05, 0) is 31.5 Å². The van der Waals surface area contributed by atoms with Crippen molar-refractivity contribution in [3.8, 4) is 0 Å². The number of carbonyl (C=O) groups is 1. The van der Waals surface area contributed by atoms with Crippen LogP contribution in [0.1, 0.15) is 29.8 Å². The summed E-state index contributed by atoms with van der Waals surface area (Å²) in [6.45, 7) is 7.40. The Kier molecular flexibility index (Phi) is 8.75. The minimum atomic E-state index is 0.0755. The van der Waals surface area contributed by atoms with Crippen LogP contribution in [0.2, 0.25) is 0 Å². The number of methoxy groups -OCH3 is 1. The molecule has 0 atom stereocenters. The van der Waals surface area contributed by atoms with Gasteiger partial charge in [0.15, 0.2) is 5.96 Å². The predicted octanol–water partition coefficient (Wildman–Crippen LogP) is 1.48. The molecule has 0 unspecified atom stereocenters. The van der Waals surface area contributed by atoms with Gasteiger partial charge in [-0.1, -0.05) is 12.1 Å². The summed E-state index contributed by atoms with van der Waals surface area (Å²) < 4.78 is 4.99. The fraction of sp³-hybridized carbons (Fsp3) is 0.529. The summed E-state index contributed by atoms with van der Waals surface area (Å²) in [5, 5.41) is 6.38. The maximum atomic E-state index is 12.2. The largest absolute Gasteiger partial charge is 0.383 e. The number of nitrogens with zero attached hydrogens (tertiary/aromatic N) is 2. The summed E-state index contributed by atoms with van der Waals surface area (Å²) in [6.07, 6.45) is 0. The van der Waals surface area contributed by atoms with Gasteiger partial charge >= 0.3 is 0 Å². The molecule has 0 fully saturated rings. The van der Waals surface area contributed by atoms with Crippen LogP contribution in [0, 0.1) is 0 Å². The molecule has 0 saturated heterocycles. The Morgan fingerprint density at radius 2 is 1.83 bits per heavy atom. The number of ether oxygens (including phenoxy) is 1. The second-order valence-corrected chi connectivity index (χ2v) is 5.02. The molecule has 1 aromatic carbocycles. The number of guanidine groups is 1. The number of benzene rings is 1. The number of amides is 1. The molecule has 0 aliphatic rings. The van der Waals surface area contributed by atoms with Crippen LogP contribution in [0.3, 0.4) is 0 Å². The summed E-state index contributed by atoms with van der Waals surface area (Å²) >= 11 is 0. The van der Waals surface area contributed by atoms with E-state index in [0.717, 1.165) is 30.2 Å². The highest BCUT2D eigenvalue weighted by Crippen LogP contribution is 2.07. The van der Waals surface area contributed by atoms with Crippen molar-refractivity contribution in [2.24, 2.45) is 4.99 Å². The van der Waals surface area contributed by atoms with E-state index in [0.29, 0.717) is 19.7 Å². The summed E-state index contributed by atoms with van der Waals surface area (Å²) in [7, 11) is 3.40. The Hall–Kier alpha value is -2.08. The van der Waals surface area contributed by atoms with Gasteiger partial charge in [0.05, 0.1) is 6.61 Å². The molecule has 0 heterocycles. The number of nitrogens with one attached hydrogen (secondary N) is 2. The topological polar surface area (TPSA) is 66.0 Å². The van der Waals surface area contributed by atoms with E-state index in [-0.39, 0.29) is 5.91 Å². The van der Waals surface area contributed by atoms with Gasteiger partial charge in [-0.25, -0.2) is 0 Å². The number of hydrogen-bond donors (Lipinski definition) is 2. The van der Waals surface area contributed by atoms with Crippen LogP contribution in [-0.2, 0) is 11.3 Å². The fourth-order valence-electron chi connectivity index (χ4n) is 2.14. The molecule has 0 bridgehead atoms. The standard InChI is InChI=1S/C17H28N4O2/c1-5-21(6-2)16(22)15-9-7-14(8-10-15)13-20-17(18-3)19-11-12-23-4/h7-10H,5-6,11-13H2,1-4H3,(H2,18,19,20). The maximum Gasteiger partial charge on any atom is 0.253 e. The van der Waals surface area contributed by atoms with Crippen molar-refractivity contribution in [1.82, 2.24) is 15.5 Å². The normalized spacial score (nSPS) is 11.2. The van der Waals surface area contributed by atoms with E-state index < -0.39 is 0 Å². The molecule has 1 amide bonds. The van der Waals surface area contributed by atoms with E-state index in [4.69, 9.17) is 4.74 Å². The molecule has 23 heavy (non-hydrogen) atoms. The van der Waals surface area contributed by atoms with Crippen LogP contribution in [0.25, 0.3) is 0 Å². The number of carbonyl (C=O) groups excluding carboxylic acids is 1. The summed E-state index contributed by atoms with van der Waals surface area (Å²) in [5.74, 6) is 0.803. The molecule has 0 spiro atoms. The van der Waals surface area contributed by atoms with E-state index in [1.54, 1.807) is 14.2 Å². The Morgan fingerprint density at radius 1 is 1.17 bits per heavy atom. The van der Waals surface area contributed by atoms with Crippen molar-refractivity contribution in [1.29, 1.82) is 0 Å². The molecule has 0 radical (unpaired) electrons. The predicted molar refractivity (Wildman–Crippen MR) is 93.8 cm³/mol. The molecular weight excluding hydrogens is 292 g/mol. The molecule has 6 heteroatoms. The third-order valence-corrected chi connectivity index (χ3v) is 3.53. The van der Waals surface area contributed by atoms with Gasteiger partial charge in [0.25, 0.3) is 5.91 Å². The average molecular weight is 320 g/mol. The first-order chi connectivity index (χ1) is 11.2. The molecule has 0 aromatic heterocycles. The highest BCUT2D eigenvalue weighted by molar-refractivity contribution is 5.94. The van der Waals surface area contributed by atoms with Crippen LogP contribution in [0.15, 0.2) is 29.3 Å². The van der Waals surface area contributed by atoms with Crippen molar-refractivity contribution in [2.75, 3.05) is 40.4 Å². The molecule has 1 aromatic rings. The van der Waals surface area contributed by atoms with Crippen molar-refractivity contribution in [3.63, 3.8) is 0 Å². The highest BCUT2D eigenvalue weighted by Gasteiger charge is 2.11. The number of aliphatic imine (C=N–C) groups is 1. The second kappa shape index (κ2) is 10.6. The van der Waals surface area contributed by atoms with E-state index >= 15 is 0 Å². The highest BCUT2D eigenvalue weighted by atomic mass is 16.5. The molecule has 1 rings (SSSR count). The lowest BCUT2D eigenvalue weighted by Gasteiger charge is -2.18. The minimum absolute atomic E-state index is 0.0755. The lowest BCUT2D eigenvalue weighted by Crippen LogP contribution is -2.38. The molecule has 0 aliphatic carbocycles. The molecule has 6 nitrogen and oxygen atoms in total. The van der Waals surface area contributed by atoms with E-state index in [1.165, 1.54) is 0 Å². The van der Waals surface area contributed by atoms with E-state index in [1.807, 2.05) is 43.0 Å². The monoisotopic (exact) mass is 320 g/mol. The summed E-state index contributed by atoms with van der Waals surface area (Å²) in [6, 6.07) is 7.68. The van der Waals surface area contributed by atoms with Crippen LogP contribution >= 0.6 is 0 Å². The maximum absolute atomic E-state index is 12.2. The first-order valence-electron chi connectivity index (χ1n) is 7.97. The smallest absolute Gasteiger partial charge is 0.253 e. The molecule has 128 valence electrons. The van der Waals surface area contributed by atoms with Crippen LogP contribution < -0.4 is 10.6 Å². The van der Waals surface area contributed by atoms with Gasteiger partial charge in [-0.3, -0.25) is 9.79 Å². The zero-order valence-corrected chi connectivity index (χ0v) is 14.6. The molecular formula is C17H28N4O2. The summed E-state index contributed by atoms with van der Waals surface area (Å²) in [4.78, 5) is 18.2. The van der Waals surface area contributed by atoms with Crippen LogP contribution in [0.4, 0.5) is 0 Å². The fourth-order valence-corrected chi connectivity index (χ4v) is 2.14. The number of rotatable bonds is 8. The van der Waals surface area contributed by atoms with Gasteiger partial charge in [0, 0.05) is 45.9 Å². The van der Waals surface area contributed by atoms with Crippen molar-refractivity contribution >= 4 is 11.9 Å². The number of hydrogen-bond acceptors (Lipinski definition) is 3. The van der Waals surface area contributed by atoms with E-state index in [2.05, 4.69) is 15.6 Å². The summed E-state index contributed by atoms with van der Waals surface area (Å²) in [5.41, 5.74) is 1.82. The Balaban J connectivity index is 2.55. The first kappa shape index (κ1) is 19.0. The van der Waals surface area contributed by atoms with Gasteiger partial charge in [-0.2, -0.15) is 0 Å². The minimum Gasteiger partial charge on any atom is -0.383 e. The molecule has 2 N–H and O–H groups in total. The van der Waals surface area contributed by atoms with Gasteiger partial charge in [0.2, 0.25) is 0 Å². The van der Waals surface area contributed by atoms with Gasteiger partial charge in [-0.15, -0.1) is 0 Å². The third-order valence-electron chi connectivity index (χ3n) is 3.53. The Bertz CT molecular complexity index is 496. The molecule has 0 aliphatic heterocycles. The first-order valence-corrected chi connectivity index (χ1v) is 7.97. The Labute approximate surface area is 138 Å². The quantitative estimate of drug-likeness (QED) is 0.433. The Morgan fingerprint density at radius 3 is 2.35 bits per heavy atom. The average Bonchev–Trinajstić information content (AvgIpc) is 2.59. The lowest BCUT2D eigenvalue weighted by molar-refractivity contribution is 0.0773. The van der Waals surface area contributed by atoms with Crippen molar-refractivity contribution < 1.29 is 9.53 Å². The van der Waals surface area contributed by atoms with Crippen LogP contribution in [-0.4, -0.2) is 57.2 Å². The van der Waals surface area contributed by atoms with Crippen molar-refractivity contribution in [2.45, 2.75) is 20.4 Å². The van der Waals surface area contributed by atoms with Gasteiger partial charge < -0.3 is 20.3 Å². The third kappa shape index (κ3) is 6.28. The second-order valence-electron chi connectivity index (χ2n) is 5.02.